The van der Waals surface area contributed by atoms with Crippen LogP contribution in [0.4, 0.5) is 0 Å². The number of pyridine rings is 1. The number of hydrogen-bond acceptors (Lipinski definition) is 5. The van der Waals surface area contributed by atoms with E-state index in [1.54, 1.807) is 25.3 Å². The Morgan fingerprint density at radius 1 is 1.19 bits per heavy atom. The largest absolute Gasteiger partial charge is 0.449 e. The molecule has 0 aliphatic carbocycles. The maximum atomic E-state index is 12.3. The summed E-state index contributed by atoms with van der Waals surface area (Å²) in [5.74, 6) is -0.619. The molecule has 138 valence electrons. The molecule has 0 aliphatic rings. The number of thioether (sulfide) groups is 1. The SMILES string of the molecule is CC[C@@H](CNC(=O)[C@@H](C)OC(=O)c1cccnc1SC)c1ccccc1. The van der Waals surface area contributed by atoms with Gasteiger partial charge in [-0.25, -0.2) is 9.78 Å². The van der Waals surface area contributed by atoms with E-state index in [4.69, 9.17) is 4.74 Å². The van der Waals surface area contributed by atoms with E-state index in [1.807, 2.05) is 24.5 Å². The fourth-order valence-corrected chi connectivity index (χ4v) is 3.11. The lowest BCUT2D eigenvalue weighted by Crippen LogP contribution is -2.38. The highest BCUT2D eigenvalue weighted by atomic mass is 32.2. The lowest BCUT2D eigenvalue weighted by molar-refractivity contribution is -0.129. The molecule has 1 aromatic carbocycles. The van der Waals surface area contributed by atoms with Gasteiger partial charge < -0.3 is 10.1 Å². The minimum atomic E-state index is -0.870. The Hall–Kier alpha value is -2.34. The minimum absolute atomic E-state index is 0.226. The summed E-state index contributed by atoms with van der Waals surface area (Å²) in [6, 6.07) is 13.4. The van der Waals surface area contributed by atoms with E-state index < -0.39 is 12.1 Å². The molecular formula is C20H24N2O3S. The Morgan fingerprint density at radius 3 is 2.58 bits per heavy atom. The first-order chi connectivity index (χ1) is 12.6. The van der Waals surface area contributed by atoms with Gasteiger partial charge in [0, 0.05) is 18.7 Å². The van der Waals surface area contributed by atoms with Gasteiger partial charge in [0.05, 0.1) is 5.56 Å². The van der Waals surface area contributed by atoms with E-state index in [0.717, 1.165) is 6.42 Å². The fraction of sp³-hybridized carbons (Fsp3) is 0.350. The van der Waals surface area contributed by atoms with Crippen molar-refractivity contribution in [3.05, 3.63) is 59.8 Å². The molecule has 5 nitrogen and oxygen atoms in total. The topological polar surface area (TPSA) is 68.3 Å². The van der Waals surface area contributed by atoms with Crippen molar-refractivity contribution in [1.82, 2.24) is 10.3 Å². The van der Waals surface area contributed by atoms with Gasteiger partial charge in [0.1, 0.15) is 5.03 Å². The summed E-state index contributed by atoms with van der Waals surface area (Å²) in [6.45, 7) is 4.16. The van der Waals surface area contributed by atoms with E-state index >= 15 is 0 Å². The number of rotatable bonds is 8. The van der Waals surface area contributed by atoms with Gasteiger partial charge in [-0.3, -0.25) is 4.79 Å². The molecule has 0 fully saturated rings. The van der Waals surface area contributed by atoms with E-state index in [1.165, 1.54) is 17.3 Å². The van der Waals surface area contributed by atoms with Gasteiger partial charge in [0.2, 0.25) is 0 Å². The van der Waals surface area contributed by atoms with Gasteiger partial charge in [-0.1, -0.05) is 37.3 Å². The van der Waals surface area contributed by atoms with E-state index in [0.29, 0.717) is 17.1 Å². The molecule has 2 rings (SSSR count). The number of carbonyl (C=O) groups excluding carboxylic acids is 2. The van der Waals surface area contributed by atoms with Crippen molar-refractivity contribution in [2.75, 3.05) is 12.8 Å². The van der Waals surface area contributed by atoms with Crippen LogP contribution >= 0.6 is 11.8 Å². The van der Waals surface area contributed by atoms with Crippen molar-refractivity contribution in [3.8, 4) is 0 Å². The zero-order valence-electron chi connectivity index (χ0n) is 15.3. The number of aromatic nitrogens is 1. The zero-order valence-corrected chi connectivity index (χ0v) is 16.1. The molecule has 0 saturated carbocycles. The quantitative estimate of drug-likeness (QED) is 0.566. The van der Waals surface area contributed by atoms with Crippen LogP contribution in [0.5, 0.6) is 0 Å². The summed E-state index contributed by atoms with van der Waals surface area (Å²) in [6.07, 6.45) is 3.49. The maximum Gasteiger partial charge on any atom is 0.341 e. The van der Waals surface area contributed by atoms with Crippen molar-refractivity contribution in [3.63, 3.8) is 0 Å². The molecule has 0 unspecified atom stereocenters. The summed E-state index contributed by atoms with van der Waals surface area (Å²) in [5.41, 5.74) is 1.55. The number of hydrogen-bond donors (Lipinski definition) is 1. The highest BCUT2D eigenvalue weighted by Crippen LogP contribution is 2.19. The molecule has 1 amide bonds. The van der Waals surface area contributed by atoms with Crippen LogP contribution in [-0.2, 0) is 9.53 Å². The summed E-state index contributed by atoms with van der Waals surface area (Å²) in [4.78, 5) is 28.7. The molecule has 2 aromatic rings. The highest BCUT2D eigenvalue weighted by Gasteiger charge is 2.21. The molecule has 0 saturated heterocycles. The number of carbonyl (C=O) groups is 2. The molecule has 1 heterocycles. The van der Waals surface area contributed by atoms with Crippen LogP contribution < -0.4 is 5.32 Å². The molecule has 2 atom stereocenters. The molecular weight excluding hydrogens is 348 g/mol. The van der Waals surface area contributed by atoms with Gasteiger partial charge in [0.25, 0.3) is 5.91 Å². The van der Waals surface area contributed by atoms with Crippen LogP contribution in [0.2, 0.25) is 0 Å². The van der Waals surface area contributed by atoms with Crippen molar-refractivity contribution in [2.24, 2.45) is 0 Å². The van der Waals surface area contributed by atoms with E-state index in [2.05, 4.69) is 29.4 Å². The molecule has 0 aliphatic heterocycles. The third kappa shape index (κ3) is 5.33. The Balaban J connectivity index is 1.92. The maximum absolute atomic E-state index is 12.3. The van der Waals surface area contributed by atoms with Crippen LogP contribution in [0.1, 0.15) is 42.1 Å². The standard InChI is InChI=1S/C20H24N2O3S/c1-4-15(16-9-6-5-7-10-16)13-22-18(23)14(2)25-20(24)17-11-8-12-21-19(17)26-3/h5-12,14-15H,4,13H2,1-3H3,(H,22,23)/t14-,15+/m1/s1. The second-order valence-corrected chi connectivity index (χ2v) is 6.66. The number of nitrogens with one attached hydrogen (secondary N) is 1. The lowest BCUT2D eigenvalue weighted by atomic mass is 9.96. The van der Waals surface area contributed by atoms with Gasteiger partial charge >= 0.3 is 5.97 Å². The van der Waals surface area contributed by atoms with Gasteiger partial charge in [0.15, 0.2) is 6.10 Å². The van der Waals surface area contributed by atoms with Crippen molar-refractivity contribution in [2.45, 2.75) is 37.3 Å². The molecule has 1 aromatic heterocycles. The third-order valence-corrected chi connectivity index (χ3v) is 4.84. The normalized spacial score (nSPS) is 12.9. The Morgan fingerprint density at radius 2 is 1.92 bits per heavy atom. The third-order valence-electron chi connectivity index (χ3n) is 4.12. The summed E-state index contributed by atoms with van der Waals surface area (Å²) in [7, 11) is 0. The Bertz CT molecular complexity index is 737. The van der Waals surface area contributed by atoms with Crippen molar-refractivity contribution >= 4 is 23.6 Å². The molecule has 1 N–H and O–H groups in total. The number of amides is 1. The van der Waals surface area contributed by atoms with Gasteiger partial charge in [-0.05, 0) is 37.3 Å². The first kappa shape index (κ1) is 20.0. The van der Waals surface area contributed by atoms with Crippen LogP contribution in [-0.4, -0.2) is 35.8 Å². The average molecular weight is 372 g/mol. The molecule has 0 spiro atoms. The molecule has 0 bridgehead atoms. The predicted molar refractivity (Wildman–Crippen MR) is 103 cm³/mol. The van der Waals surface area contributed by atoms with Crippen molar-refractivity contribution < 1.29 is 14.3 Å². The smallest absolute Gasteiger partial charge is 0.341 e. The Labute approximate surface area is 158 Å². The van der Waals surface area contributed by atoms with Gasteiger partial charge in [-0.2, -0.15) is 0 Å². The number of ether oxygens (including phenoxy) is 1. The highest BCUT2D eigenvalue weighted by molar-refractivity contribution is 7.98. The van der Waals surface area contributed by atoms with Crippen LogP contribution in [0.25, 0.3) is 0 Å². The first-order valence-electron chi connectivity index (χ1n) is 8.59. The van der Waals surface area contributed by atoms with Crippen LogP contribution in [0, 0.1) is 0 Å². The number of benzene rings is 1. The molecule has 6 heteroatoms. The van der Waals surface area contributed by atoms with E-state index in [-0.39, 0.29) is 11.8 Å². The summed E-state index contributed by atoms with van der Waals surface area (Å²) >= 11 is 1.36. The summed E-state index contributed by atoms with van der Waals surface area (Å²) < 4.78 is 5.31. The Kier molecular flexibility index (Phi) is 7.66. The van der Waals surface area contributed by atoms with Crippen LogP contribution in [0.3, 0.4) is 0 Å². The molecule has 26 heavy (non-hydrogen) atoms. The second kappa shape index (κ2) is 9.97. The minimum Gasteiger partial charge on any atom is -0.449 e. The second-order valence-electron chi connectivity index (χ2n) is 5.87. The average Bonchev–Trinajstić information content (AvgIpc) is 2.68. The van der Waals surface area contributed by atoms with Gasteiger partial charge in [-0.15, -0.1) is 11.8 Å². The van der Waals surface area contributed by atoms with E-state index in [9.17, 15) is 9.59 Å². The monoisotopic (exact) mass is 372 g/mol. The predicted octanol–water partition coefficient (Wildman–Crippen LogP) is 3.66. The van der Waals surface area contributed by atoms with Crippen LogP contribution in [0.15, 0.2) is 53.7 Å². The zero-order chi connectivity index (χ0) is 18.9. The summed E-state index contributed by atoms with van der Waals surface area (Å²) in [5, 5.41) is 3.46. The number of nitrogens with zero attached hydrogens (tertiary/aromatic N) is 1. The lowest BCUT2D eigenvalue weighted by Gasteiger charge is -2.18. The number of esters is 1. The van der Waals surface area contributed by atoms with Crippen molar-refractivity contribution in [1.29, 1.82) is 0 Å². The fourth-order valence-electron chi connectivity index (χ4n) is 2.58. The first-order valence-corrected chi connectivity index (χ1v) is 9.81. The molecule has 0 radical (unpaired) electrons.